The number of benzene rings is 2. The summed E-state index contributed by atoms with van der Waals surface area (Å²) in [5.74, 6) is 1.12. The van der Waals surface area contributed by atoms with Gasteiger partial charge in [-0.25, -0.2) is 4.68 Å². The van der Waals surface area contributed by atoms with Crippen LogP contribution in [-0.4, -0.2) is 47.4 Å². The van der Waals surface area contributed by atoms with Crippen molar-refractivity contribution >= 4 is 16.7 Å². The maximum Gasteiger partial charge on any atom is 0.159 e. The van der Waals surface area contributed by atoms with Crippen LogP contribution in [-0.2, 0) is 0 Å². The molecule has 0 spiro atoms. The Morgan fingerprint density at radius 3 is 2.33 bits per heavy atom. The molecule has 0 aliphatic carbocycles. The average Bonchev–Trinajstić information content (AvgIpc) is 3.03. The highest BCUT2D eigenvalue weighted by Crippen LogP contribution is 2.29. The second-order valence-corrected chi connectivity index (χ2v) is 6.42. The maximum absolute atomic E-state index is 4.98. The molecule has 1 aliphatic rings. The van der Waals surface area contributed by atoms with Gasteiger partial charge in [-0.2, -0.15) is 0 Å². The predicted molar refractivity (Wildman–Crippen MR) is 100 cm³/mol. The molecule has 4 rings (SSSR count). The quantitative estimate of drug-likeness (QED) is 0.734. The van der Waals surface area contributed by atoms with Gasteiger partial charge in [0.2, 0.25) is 0 Å². The summed E-state index contributed by atoms with van der Waals surface area (Å²) in [4.78, 5) is 4.99. The van der Waals surface area contributed by atoms with Gasteiger partial charge in [0.1, 0.15) is 0 Å². The molecule has 24 heavy (non-hydrogen) atoms. The Morgan fingerprint density at radius 1 is 0.875 bits per heavy atom. The minimum atomic E-state index is 1.05. The van der Waals surface area contributed by atoms with Gasteiger partial charge in [-0.1, -0.05) is 37.3 Å². The summed E-state index contributed by atoms with van der Waals surface area (Å²) in [6.45, 7) is 7.81. The van der Waals surface area contributed by atoms with Gasteiger partial charge < -0.3 is 4.90 Å². The molecular weight excluding hydrogens is 296 g/mol. The average molecular weight is 320 g/mol. The zero-order valence-corrected chi connectivity index (χ0v) is 14.2. The Hall–Kier alpha value is -2.33. The van der Waals surface area contributed by atoms with E-state index < -0.39 is 0 Å². The fourth-order valence-electron chi connectivity index (χ4n) is 3.55. The molecule has 1 fully saturated rings. The van der Waals surface area contributed by atoms with Crippen molar-refractivity contribution in [3.8, 4) is 5.69 Å². The summed E-state index contributed by atoms with van der Waals surface area (Å²) in [6.07, 6.45) is 1.23. The van der Waals surface area contributed by atoms with Gasteiger partial charge in [0.25, 0.3) is 0 Å². The third kappa shape index (κ3) is 2.78. The first-order valence-corrected chi connectivity index (χ1v) is 8.87. The van der Waals surface area contributed by atoms with E-state index in [1.54, 1.807) is 0 Å². The molecule has 124 valence electrons. The number of anilines is 1. The van der Waals surface area contributed by atoms with Crippen LogP contribution in [0.2, 0.25) is 0 Å². The molecule has 1 aromatic heterocycles. The van der Waals surface area contributed by atoms with Gasteiger partial charge in [0.15, 0.2) is 5.82 Å². The third-order valence-corrected chi connectivity index (χ3v) is 4.78. The molecule has 0 bridgehead atoms. The second kappa shape index (κ2) is 6.65. The monoisotopic (exact) mass is 320 g/mol. The van der Waals surface area contributed by atoms with Crippen molar-refractivity contribution in [2.45, 2.75) is 13.3 Å². The SMILES string of the molecule is CCCN1CCN(c2nn(-c3ccccc3)c3ccccc23)CC1. The molecule has 4 heteroatoms. The predicted octanol–water partition coefficient (Wildman–Crippen LogP) is 3.56. The summed E-state index contributed by atoms with van der Waals surface area (Å²) in [5.41, 5.74) is 2.29. The summed E-state index contributed by atoms with van der Waals surface area (Å²) in [7, 11) is 0. The molecule has 1 aliphatic heterocycles. The van der Waals surface area contributed by atoms with Crippen LogP contribution in [0.1, 0.15) is 13.3 Å². The first kappa shape index (κ1) is 15.2. The Morgan fingerprint density at radius 2 is 1.58 bits per heavy atom. The first-order valence-electron chi connectivity index (χ1n) is 8.87. The molecule has 0 saturated carbocycles. The molecule has 3 aromatic rings. The van der Waals surface area contributed by atoms with E-state index in [1.165, 1.54) is 23.9 Å². The number of aromatic nitrogens is 2. The molecule has 0 atom stereocenters. The number of hydrogen-bond donors (Lipinski definition) is 0. The number of nitrogens with zero attached hydrogens (tertiary/aromatic N) is 4. The van der Waals surface area contributed by atoms with Crippen LogP contribution in [0.15, 0.2) is 54.6 Å². The number of para-hydroxylation sites is 2. The number of fused-ring (bicyclic) bond motifs is 1. The van der Waals surface area contributed by atoms with Crippen molar-refractivity contribution in [1.29, 1.82) is 0 Å². The van der Waals surface area contributed by atoms with E-state index in [1.807, 2.05) is 6.07 Å². The highest BCUT2D eigenvalue weighted by molar-refractivity contribution is 5.91. The molecular formula is C20H24N4. The number of piperazine rings is 1. The number of hydrogen-bond acceptors (Lipinski definition) is 3. The fraction of sp³-hybridized carbons (Fsp3) is 0.350. The summed E-state index contributed by atoms with van der Waals surface area (Å²) < 4.78 is 2.07. The molecule has 2 heterocycles. The highest BCUT2D eigenvalue weighted by Gasteiger charge is 2.21. The smallest absolute Gasteiger partial charge is 0.159 e. The van der Waals surface area contributed by atoms with Crippen LogP contribution < -0.4 is 4.90 Å². The van der Waals surface area contributed by atoms with E-state index in [2.05, 4.69) is 69.9 Å². The van der Waals surface area contributed by atoms with Crippen LogP contribution in [0.4, 0.5) is 5.82 Å². The lowest BCUT2D eigenvalue weighted by atomic mass is 10.2. The Labute approximate surface area is 143 Å². The minimum Gasteiger partial charge on any atom is -0.352 e. The second-order valence-electron chi connectivity index (χ2n) is 6.42. The van der Waals surface area contributed by atoms with Gasteiger partial charge in [-0.3, -0.25) is 4.90 Å². The van der Waals surface area contributed by atoms with Crippen LogP contribution in [0.25, 0.3) is 16.6 Å². The van der Waals surface area contributed by atoms with E-state index in [-0.39, 0.29) is 0 Å². The zero-order valence-electron chi connectivity index (χ0n) is 14.2. The summed E-state index contributed by atoms with van der Waals surface area (Å²) in [6, 6.07) is 18.9. The lowest BCUT2D eigenvalue weighted by molar-refractivity contribution is 0.258. The van der Waals surface area contributed by atoms with Gasteiger partial charge in [0.05, 0.1) is 11.2 Å². The molecule has 4 nitrogen and oxygen atoms in total. The zero-order chi connectivity index (χ0) is 16.4. The van der Waals surface area contributed by atoms with Crippen LogP contribution >= 0.6 is 0 Å². The van der Waals surface area contributed by atoms with Crippen molar-refractivity contribution in [2.24, 2.45) is 0 Å². The van der Waals surface area contributed by atoms with E-state index in [0.29, 0.717) is 0 Å². The minimum absolute atomic E-state index is 1.05. The highest BCUT2D eigenvalue weighted by atomic mass is 15.4. The summed E-state index contributed by atoms with van der Waals surface area (Å²) in [5, 5.41) is 6.22. The largest absolute Gasteiger partial charge is 0.352 e. The Balaban J connectivity index is 1.70. The van der Waals surface area contributed by atoms with Crippen LogP contribution in [0.5, 0.6) is 0 Å². The van der Waals surface area contributed by atoms with Crippen LogP contribution in [0.3, 0.4) is 0 Å². The molecule has 0 amide bonds. The van der Waals surface area contributed by atoms with E-state index in [9.17, 15) is 0 Å². The maximum atomic E-state index is 4.98. The van der Waals surface area contributed by atoms with E-state index in [0.717, 1.165) is 37.7 Å². The molecule has 2 aromatic carbocycles. The molecule has 0 radical (unpaired) electrons. The topological polar surface area (TPSA) is 24.3 Å². The lowest BCUT2D eigenvalue weighted by Crippen LogP contribution is -2.46. The van der Waals surface area contributed by atoms with Crippen molar-refractivity contribution in [2.75, 3.05) is 37.6 Å². The van der Waals surface area contributed by atoms with Crippen molar-refractivity contribution < 1.29 is 0 Å². The van der Waals surface area contributed by atoms with Crippen molar-refractivity contribution in [3.05, 3.63) is 54.6 Å². The Kier molecular flexibility index (Phi) is 4.22. The summed E-state index contributed by atoms with van der Waals surface area (Å²) >= 11 is 0. The van der Waals surface area contributed by atoms with Gasteiger partial charge in [0, 0.05) is 31.6 Å². The van der Waals surface area contributed by atoms with Gasteiger partial charge in [-0.15, -0.1) is 5.10 Å². The van der Waals surface area contributed by atoms with E-state index in [4.69, 9.17) is 5.10 Å². The Bertz CT molecular complexity index is 801. The lowest BCUT2D eigenvalue weighted by Gasteiger charge is -2.34. The molecule has 0 N–H and O–H groups in total. The molecule has 0 unspecified atom stereocenters. The van der Waals surface area contributed by atoms with Crippen LogP contribution in [0, 0.1) is 0 Å². The molecule has 1 saturated heterocycles. The first-order chi connectivity index (χ1) is 11.9. The standard InChI is InChI=1S/C20H24N4/c1-2-12-22-13-15-23(16-14-22)20-18-10-6-7-11-19(18)24(21-20)17-8-4-3-5-9-17/h3-11H,2,12-16H2,1H3. The third-order valence-electron chi connectivity index (χ3n) is 4.78. The van der Waals surface area contributed by atoms with Crippen molar-refractivity contribution in [1.82, 2.24) is 14.7 Å². The van der Waals surface area contributed by atoms with Gasteiger partial charge >= 0.3 is 0 Å². The van der Waals surface area contributed by atoms with Crippen molar-refractivity contribution in [3.63, 3.8) is 0 Å². The fourth-order valence-corrected chi connectivity index (χ4v) is 3.55. The number of rotatable bonds is 4. The normalized spacial score (nSPS) is 16.0. The van der Waals surface area contributed by atoms with Gasteiger partial charge in [-0.05, 0) is 37.2 Å². The van der Waals surface area contributed by atoms with E-state index >= 15 is 0 Å².